The summed E-state index contributed by atoms with van der Waals surface area (Å²) in [6.45, 7) is 5.23. The van der Waals surface area contributed by atoms with Gasteiger partial charge in [0.1, 0.15) is 19.3 Å². The first-order valence-corrected chi connectivity index (χ1v) is 19.2. The zero-order valence-corrected chi connectivity index (χ0v) is 30.5. The van der Waals surface area contributed by atoms with Crippen molar-refractivity contribution in [2.75, 3.05) is 54.1 Å². The van der Waals surface area contributed by atoms with E-state index in [1.165, 1.54) is 38.5 Å². The van der Waals surface area contributed by atoms with E-state index in [2.05, 4.69) is 50.3 Å². The van der Waals surface area contributed by atoms with Gasteiger partial charge in [-0.15, -0.1) is 0 Å². The molecule has 2 atom stereocenters. The number of carbonyl (C=O) groups is 1. The number of carbonyl (C=O) groups excluding carboxylic acids is 1. The number of unbranched alkanes of at least 4 members (excludes halogenated alkanes) is 12. The van der Waals surface area contributed by atoms with Gasteiger partial charge in [0.2, 0.25) is 0 Å². The molecule has 0 aromatic rings. The highest BCUT2D eigenvalue weighted by molar-refractivity contribution is 7.45. The van der Waals surface area contributed by atoms with Crippen LogP contribution in [0.15, 0.2) is 36.5 Å². The quantitative estimate of drug-likeness (QED) is 0.0235. The molecule has 0 saturated carbocycles. The van der Waals surface area contributed by atoms with Gasteiger partial charge in [0.15, 0.2) is 0 Å². The van der Waals surface area contributed by atoms with Crippen LogP contribution in [0.4, 0.5) is 0 Å². The number of phosphoric ester groups is 1. The fourth-order valence-corrected chi connectivity index (χ4v) is 5.17. The topological polar surface area (TPSA) is 94.1 Å². The molecule has 0 aliphatic rings. The number of esters is 1. The zero-order valence-electron chi connectivity index (χ0n) is 29.6. The van der Waals surface area contributed by atoms with Crippen LogP contribution in [-0.2, 0) is 27.9 Å². The van der Waals surface area contributed by atoms with Crippen LogP contribution in [0.5, 0.6) is 0 Å². The molecule has 45 heavy (non-hydrogen) atoms. The lowest BCUT2D eigenvalue weighted by Gasteiger charge is -2.28. The number of hydrogen-bond acceptors (Lipinski definition) is 7. The third-order valence-electron chi connectivity index (χ3n) is 7.21. The van der Waals surface area contributed by atoms with Crippen LogP contribution >= 0.6 is 7.82 Å². The Balaban J connectivity index is 4.34. The van der Waals surface area contributed by atoms with E-state index < -0.39 is 13.9 Å². The summed E-state index contributed by atoms with van der Waals surface area (Å²) >= 11 is 0. The van der Waals surface area contributed by atoms with Crippen molar-refractivity contribution in [2.45, 2.75) is 136 Å². The lowest BCUT2D eigenvalue weighted by atomic mass is 10.1. The van der Waals surface area contributed by atoms with Crippen molar-refractivity contribution in [1.82, 2.24) is 0 Å². The fourth-order valence-electron chi connectivity index (χ4n) is 4.44. The minimum absolute atomic E-state index is 0.0223. The van der Waals surface area contributed by atoms with Gasteiger partial charge in [0, 0.05) is 13.0 Å². The van der Waals surface area contributed by atoms with Crippen LogP contribution in [0.3, 0.4) is 0 Å². The predicted molar refractivity (Wildman–Crippen MR) is 185 cm³/mol. The summed E-state index contributed by atoms with van der Waals surface area (Å²) in [6, 6.07) is 0. The van der Waals surface area contributed by atoms with Gasteiger partial charge >= 0.3 is 5.97 Å². The van der Waals surface area contributed by atoms with Crippen molar-refractivity contribution in [2.24, 2.45) is 0 Å². The lowest BCUT2D eigenvalue weighted by Crippen LogP contribution is -2.37. The van der Waals surface area contributed by atoms with Gasteiger partial charge in [-0.1, -0.05) is 115 Å². The van der Waals surface area contributed by atoms with Gasteiger partial charge in [-0.2, -0.15) is 0 Å². The first-order valence-electron chi connectivity index (χ1n) is 17.7. The minimum atomic E-state index is -4.51. The normalized spacial score (nSPS) is 14.5. The van der Waals surface area contributed by atoms with Crippen LogP contribution in [0, 0.1) is 0 Å². The largest absolute Gasteiger partial charge is 0.756 e. The van der Waals surface area contributed by atoms with E-state index in [1.54, 1.807) is 0 Å². The third-order valence-corrected chi connectivity index (χ3v) is 8.17. The molecule has 0 rings (SSSR count). The summed E-state index contributed by atoms with van der Waals surface area (Å²) in [5, 5.41) is 0. The SMILES string of the molecule is CC/C=C\C/C=C\C/C=C\CCCCCCCC(=O)OC(COCCCCCCCCCC)COP(=O)([O-])OCC[N+](C)(C)C. The highest BCUT2D eigenvalue weighted by atomic mass is 31.2. The summed E-state index contributed by atoms with van der Waals surface area (Å²) in [4.78, 5) is 24.8. The van der Waals surface area contributed by atoms with Gasteiger partial charge in [0.25, 0.3) is 7.82 Å². The smallest absolute Gasteiger partial charge is 0.306 e. The first-order chi connectivity index (χ1) is 21.6. The van der Waals surface area contributed by atoms with Crippen molar-refractivity contribution in [3.63, 3.8) is 0 Å². The summed E-state index contributed by atoms with van der Waals surface area (Å²) in [5.74, 6) is -0.355. The van der Waals surface area contributed by atoms with Gasteiger partial charge in [-0.25, -0.2) is 0 Å². The van der Waals surface area contributed by atoms with Crippen molar-refractivity contribution in [3.05, 3.63) is 36.5 Å². The van der Waals surface area contributed by atoms with Crippen LogP contribution in [0.25, 0.3) is 0 Å². The molecular weight excluding hydrogens is 589 g/mol. The van der Waals surface area contributed by atoms with Gasteiger partial charge in [-0.3, -0.25) is 9.36 Å². The first kappa shape index (κ1) is 43.7. The highest BCUT2D eigenvalue weighted by Gasteiger charge is 2.20. The molecule has 0 heterocycles. The lowest BCUT2D eigenvalue weighted by molar-refractivity contribution is -0.870. The zero-order chi connectivity index (χ0) is 33.5. The van der Waals surface area contributed by atoms with E-state index >= 15 is 0 Å². The molecule has 0 N–H and O–H groups in total. The maximum Gasteiger partial charge on any atom is 0.306 e. The molecule has 264 valence electrons. The average molecular weight is 658 g/mol. The average Bonchev–Trinajstić information content (AvgIpc) is 2.98. The van der Waals surface area contributed by atoms with Gasteiger partial charge in [0.05, 0.1) is 34.4 Å². The molecule has 0 aromatic carbocycles. The summed E-state index contributed by atoms with van der Waals surface area (Å²) in [6.07, 6.45) is 31.5. The number of nitrogens with zero attached hydrogens (tertiary/aromatic N) is 1. The van der Waals surface area contributed by atoms with E-state index in [1.807, 2.05) is 21.1 Å². The molecular formula is C36H68NO7P. The van der Waals surface area contributed by atoms with E-state index in [4.69, 9.17) is 18.5 Å². The molecule has 0 amide bonds. The second-order valence-corrected chi connectivity index (χ2v) is 14.3. The standard InChI is InChI=1S/C36H68NO7P/c1-6-8-10-12-14-16-17-18-19-20-21-22-23-25-27-29-36(38)44-35(33-41-31-28-26-24-15-13-11-9-7-2)34-43-45(39,40)42-32-30-37(3,4)5/h8,10,14,16,18-19,35H,6-7,9,11-13,15,17,20-34H2,1-5H3/b10-8-,16-14-,19-18-. The van der Waals surface area contributed by atoms with Crippen molar-refractivity contribution in [3.8, 4) is 0 Å². The van der Waals surface area contributed by atoms with Crippen molar-refractivity contribution < 1.29 is 37.3 Å². The summed E-state index contributed by atoms with van der Waals surface area (Å²) < 4.78 is 34.3. The van der Waals surface area contributed by atoms with Crippen LogP contribution in [0.1, 0.15) is 129 Å². The Kier molecular flexibility index (Phi) is 29.2. The number of hydrogen-bond donors (Lipinski definition) is 0. The Labute approximate surface area is 276 Å². The number of rotatable bonds is 32. The monoisotopic (exact) mass is 657 g/mol. The number of phosphoric acid groups is 1. The second kappa shape index (κ2) is 30.1. The maximum absolute atomic E-state index is 12.5. The number of likely N-dealkylation sites (N-methyl/N-ethyl adjacent to an activating group) is 1. The molecule has 0 saturated heterocycles. The molecule has 9 heteroatoms. The Bertz CT molecular complexity index is 823. The van der Waals surface area contributed by atoms with Crippen LogP contribution in [0.2, 0.25) is 0 Å². The minimum Gasteiger partial charge on any atom is -0.756 e. The van der Waals surface area contributed by atoms with Crippen LogP contribution < -0.4 is 4.89 Å². The predicted octanol–water partition coefficient (Wildman–Crippen LogP) is 8.85. The van der Waals surface area contributed by atoms with Crippen molar-refractivity contribution in [1.29, 1.82) is 0 Å². The maximum atomic E-state index is 12.5. The number of allylic oxidation sites excluding steroid dienone is 6. The molecule has 0 aliphatic heterocycles. The second-order valence-electron chi connectivity index (χ2n) is 12.9. The molecule has 8 nitrogen and oxygen atoms in total. The number of ether oxygens (including phenoxy) is 2. The van der Waals surface area contributed by atoms with Gasteiger partial charge in [-0.05, 0) is 44.9 Å². The Morgan fingerprint density at radius 2 is 1.29 bits per heavy atom. The van der Waals surface area contributed by atoms with Crippen molar-refractivity contribution >= 4 is 13.8 Å². The third kappa shape index (κ3) is 33.9. The Morgan fingerprint density at radius 1 is 0.711 bits per heavy atom. The van der Waals surface area contributed by atoms with E-state index in [0.29, 0.717) is 24.1 Å². The molecule has 0 radical (unpaired) electrons. The molecule has 0 aromatic heterocycles. The van der Waals surface area contributed by atoms with E-state index in [9.17, 15) is 14.3 Å². The Morgan fingerprint density at radius 3 is 1.93 bits per heavy atom. The highest BCUT2D eigenvalue weighted by Crippen LogP contribution is 2.38. The summed E-state index contributed by atoms with van der Waals surface area (Å²) in [7, 11) is 1.34. The van der Waals surface area contributed by atoms with Gasteiger partial charge < -0.3 is 27.9 Å². The van der Waals surface area contributed by atoms with E-state index in [-0.39, 0.29) is 25.8 Å². The molecule has 0 spiro atoms. The molecule has 0 aliphatic carbocycles. The fraction of sp³-hybridized carbons (Fsp3) is 0.806. The van der Waals surface area contributed by atoms with E-state index in [0.717, 1.165) is 70.6 Å². The molecule has 0 fully saturated rings. The summed E-state index contributed by atoms with van der Waals surface area (Å²) in [5.41, 5.74) is 0. The number of quaternary nitrogens is 1. The Hall–Kier alpha value is -1.28. The van der Waals surface area contributed by atoms with Crippen LogP contribution in [-0.4, -0.2) is 70.7 Å². The molecule has 2 unspecified atom stereocenters. The molecule has 0 bridgehead atoms.